The molecule has 170 valence electrons. The van der Waals surface area contributed by atoms with Crippen molar-refractivity contribution < 1.29 is 17.9 Å². The molecule has 0 aliphatic heterocycles. The van der Waals surface area contributed by atoms with Crippen molar-refractivity contribution in [3.8, 4) is 22.8 Å². The van der Waals surface area contributed by atoms with Gasteiger partial charge in [0.1, 0.15) is 5.75 Å². The van der Waals surface area contributed by atoms with Gasteiger partial charge in [0, 0.05) is 16.3 Å². The van der Waals surface area contributed by atoms with E-state index in [0.717, 1.165) is 6.07 Å². The summed E-state index contributed by atoms with van der Waals surface area (Å²) in [6.07, 6.45) is -4.55. The molecule has 0 amide bonds. The molecule has 0 aliphatic rings. The van der Waals surface area contributed by atoms with Crippen LogP contribution >= 0.6 is 35.0 Å². The van der Waals surface area contributed by atoms with Gasteiger partial charge in [-0.05, 0) is 36.4 Å². The molecule has 0 spiro atoms. The second-order valence-electron chi connectivity index (χ2n) is 6.79. The topological polar surface area (TPSA) is 39.9 Å². The smallest absolute Gasteiger partial charge is 0.418 e. The lowest BCUT2D eigenvalue weighted by Crippen LogP contribution is -2.12. The molecule has 0 saturated carbocycles. The first-order valence-electron chi connectivity index (χ1n) is 9.72. The zero-order valence-corrected chi connectivity index (χ0v) is 19.2. The van der Waals surface area contributed by atoms with Gasteiger partial charge >= 0.3 is 6.18 Å². The van der Waals surface area contributed by atoms with Crippen LogP contribution < -0.4 is 4.74 Å². The summed E-state index contributed by atoms with van der Waals surface area (Å²) < 4.78 is 48.4. The Morgan fingerprint density at radius 1 is 0.909 bits per heavy atom. The van der Waals surface area contributed by atoms with Gasteiger partial charge in [0.25, 0.3) is 0 Å². The van der Waals surface area contributed by atoms with E-state index in [9.17, 15) is 13.2 Å². The summed E-state index contributed by atoms with van der Waals surface area (Å²) in [5, 5.41) is 9.56. The lowest BCUT2D eigenvalue weighted by molar-refractivity contribution is -0.137. The number of thioether (sulfide) groups is 1. The number of alkyl halides is 3. The predicted molar refractivity (Wildman–Crippen MR) is 124 cm³/mol. The Morgan fingerprint density at radius 3 is 2.42 bits per heavy atom. The summed E-state index contributed by atoms with van der Waals surface area (Å²) in [4.78, 5) is 0. The van der Waals surface area contributed by atoms with E-state index in [0.29, 0.717) is 32.3 Å². The first kappa shape index (κ1) is 23.5. The maximum absolute atomic E-state index is 13.8. The van der Waals surface area contributed by atoms with Gasteiger partial charge < -0.3 is 4.74 Å². The van der Waals surface area contributed by atoms with Crippen LogP contribution in [0.15, 0.2) is 78.0 Å². The molecule has 0 atom stereocenters. The molecule has 0 saturated heterocycles. The van der Waals surface area contributed by atoms with Gasteiger partial charge in [-0.1, -0.05) is 71.4 Å². The van der Waals surface area contributed by atoms with Crippen molar-refractivity contribution in [3.63, 3.8) is 0 Å². The molecule has 4 rings (SSSR count). The number of hydrogen-bond donors (Lipinski definition) is 0. The molecule has 33 heavy (non-hydrogen) atoms. The number of ether oxygens (including phenoxy) is 1. The Kier molecular flexibility index (Phi) is 7.17. The molecule has 1 heterocycles. The van der Waals surface area contributed by atoms with Crippen molar-refractivity contribution in [2.45, 2.75) is 11.3 Å². The average Bonchev–Trinajstić information content (AvgIpc) is 3.21. The van der Waals surface area contributed by atoms with E-state index in [-0.39, 0.29) is 18.1 Å². The van der Waals surface area contributed by atoms with E-state index >= 15 is 0 Å². The van der Waals surface area contributed by atoms with Crippen LogP contribution in [0.3, 0.4) is 0 Å². The van der Waals surface area contributed by atoms with Gasteiger partial charge in [-0.25, -0.2) is 0 Å². The zero-order valence-electron chi connectivity index (χ0n) is 16.9. The SMILES string of the molecule is FC(F)(F)c1ccccc1-n1c(SCCOc2ccccc2Cl)nnc1-c1cccc(Cl)c1. The van der Waals surface area contributed by atoms with Gasteiger partial charge in [-0.15, -0.1) is 10.2 Å². The van der Waals surface area contributed by atoms with Gasteiger partial charge in [0.15, 0.2) is 11.0 Å². The van der Waals surface area contributed by atoms with E-state index < -0.39 is 11.7 Å². The van der Waals surface area contributed by atoms with E-state index in [1.54, 1.807) is 54.6 Å². The minimum atomic E-state index is -4.55. The minimum absolute atomic E-state index is 0.0699. The van der Waals surface area contributed by atoms with Gasteiger partial charge in [-0.3, -0.25) is 4.57 Å². The van der Waals surface area contributed by atoms with Crippen molar-refractivity contribution in [2.24, 2.45) is 0 Å². The summed E-state index contributed by atoms with van der Waals surface area (Å²) in [5.41, 5.74) is -0.312. The molecular formula is C23H16Cl2F3N3OS. The molecule has 0 unspecified atom stereocenters. The number of nitrogens with zero attached hydrogens (tertiary/aromatic N) is 3. The van der Waals surface area contributed by atoms with Crippen LogP contribution in [0.2, 0.25) is 10.0 Å². The molecule has 0 radical (unpaired) electrons. The summed E-state index contributed by atoms with van der Waals surface area (Å²) in [6.45, 7) is 0.272. The highest BCUT2D eigenvalue weighted by Crippen LogP contribution is 2.37. The summed E-state index contributed by atoms with van der Waals surface area (Å²) in [6, 6.07) is 19.1. The normalized spacial score (nSPS) is 11.5. The standard InChI is InChI=1S/C23H16Cl2F3N3OS/c24-16-7-5-6-15(14-16)21-29-30-22(33-13-12-32-20-11-4-2-9-18(20)25)31(21)19-10-3-1-8-17(19)23(26,27)28/h1-11,14H,12-13H2. The monoisotopic (exact) mass is 509 g/mol. The first-order chi connectivity index (χ1) is 15.8. The molecule has 4 nitrogen and oxygen atoms in total. The molecule has 4 aromatic rings. The lowest BCUT2D eigenvalue weighted by Gasteiger charge is -2.16. The first-order valence-corrected chi connectivity index (χ1v) is 11.5. The Bertz CT molecular complexity index is 1260. The largest absolute Gasteiger partial charge is 0.491 e. The van der Waals surface area contributed by atoms with Crippen molar-refractivity contribution >= 4 is 35.0 Å². The number of benzene rings is 3. The molecule has 3 aromatic carbocycles. The van der Waals surface area contributed by atoms with E-state index in [1.165, 1.54) is 28.5 Å². The third-order valence-electron chi connectivity index (χ3n) is 4.58. The Balaban J connectivity index is 1.68. The molecule has 0 aliphatic carbocycles. The van der Waals surface area contributed by atoms with E-state index in [1.807, 2.05) is 0 Å². The quantitative estimate of drug-likeness (QED) is 0.192. The summed E-state index contributed by atoms with van der Waals surface area (Å²) in [5.74, 6) is 1.19. The zero-order chi connectivity index (χ0) is 23.4. The van der Waals surface area contributed by atoms with Gasteiger partial charge in [-0.2, -0.15) is 13.2 Å². The molecule has 1 aromatic heterocycles. The minimum Gasteiger partial charge on any atom is -0.491 e. The molecule has 10 heteroatoms. The van der Waals surface area contributed by atoms with E-state index in [2.05, 4.69) is 10.2 Å². The number of para-hydroxylation sites is 2. The molecular weight excluding hydrogens is 494 g/mol. The van der Waals surface area contributed by atoms with Crippen LogP contribution in [-0.2, 0) is 6.18 Å². The van der Waals surface area contributed by atoms with Crippen molar-refractivity contribution in [2.75, 3.05) is 12.4 Å². The van der Waals surface area contributed by atoms with Crippen molar-refractivity contribution in [1.29, 1.82) is 0 Å². The third kappa shape index (κ3) is 5.46. The second kappa shape index (κ2) is 10.1. The predicted octanol–water partition coefficient (Wildman–Crippen LogP) is 7.43. The summed E-state index contributed by atoms with van der Waals surface area (Å²) >= 11 is 13.4. The summed E-state index contributed by atoms with van der Waals surface area (Å²) in [7, 11) is 0. The highest BCUT2D eigenvalue weighted by molar-refractivity contribution is 7.99. The molecule has 0 N–H and O–H groups in total. The Hall–Kier alpha value is -2.68. The third-order valence-corrected chi connectivity index (χ3v) is 6.02. The van der Waals surface area contributed by atoms with Crippen LogP contribution in [0.1, 0.15) is 5.56 Å². The maximum Gasteiger partial charge on any atom is 0.418 e. The maximum atomic E-state index is 13.8. The van der Waals surface area contributed by atoms with Crippen LogP contribution in [0.25, 0.3) is 17.1 Å². The fourth-order valence-corrected chi connectivity index (χ4v) is 4.29. The highest BCUT2D eigenvalue weighted by Gasteiger charge is 2.35. The average molecular weight is 510 g/mol. The Labute approximate surface area is 202 Å². The van der Waals surface area contributed by atoms with Crippen LogP contribution in [0, 0.1) is 0 Å². The van der Waals surface area contributed by atoms with Crippen molar-refractivity contribution in [1.82, 2.24) is 14.8 Å². The number of halogens is 5. The lowest BCUT2D eigenvalue weighted by atomic mass is 10.1. The molecule has 0 bridgehead atoms. The van der Waals surface area contributed by atoms with Crippen LogP contribution in [0.4, 0.5) is 13.2 Å². The van der Waals surface area contributed by atoms with Crippen LogP contribution in [0.5, 0.6) is 5.75 Å². The fraction of sp³-hybridized carbons (Fsp3) is 0.130. The number of hydrogen-bond acceptors (Lipinski definition) is 4. The van der Waals surface area contributed by atoms with Crippen LogP contribution in [-0.4, -0.2) is 27.1 Å². The van der Waals surface area contributed by atoms with Gasteiger partial charge in [0.05, 0.1) is 22.9 Å². The second-order valence-corrected chi connectivity index (χ2v) is 8.70. The Morgan fingerprint density at radius 2 is 1.67 bits per heavy atom. The fourth-order valence-electron chi connectivity index (χ4n) is 3.15. The highest BCUT2D eigenvalue weighted by atomic mass is 35.5. The number of aromatic nitrogens is 3. The molecule has 0 fully saturated rings. The van der Waals surface area contributed by atoms with Crippen molar-refractivity contribution in [3.05, 3.63) is 88.4 Å². The number of rotatable bonds is 7. The van der Waals surface area contributed by atoms with Gasteiger partial charge in [0.2, 0.25) is 0 Å². The van der Waals surface area contributed by atoms with E-state index in [4.69, 9.17) is 27.9 Å².